The van der Waals surface area contributed by atoms with Crippen molar-refractivity contribution in [3.05, 3.63) is 65.9 Å². The lowest BCUT2D eigenvalue weighted by Gasteiger charge is -2.17. The maximum atomic E-state index is 12.2. The number of hydrogen-bond acceptors (Lipinski definition) is 7. The molecule has 5 rings (SSSR count). The first-order valence-corrected chi connectivity index (χ1v) is 11.2. The van der Waals surface area contributed by atoms with Crippen molar-refractivity contribution in [2.75, 3.05) is 37.4 Å². The Morgan fingerprint density at radius 1 is 1.06 bits per heavy atom. The molecule has 8 nitrogen and oxygen atoms in total. The van der Waals surface area contributed by atoms with Crippen molar-refractivity contribution in [1.82, 2.24) is 20.2 Å². The van der Waals surface area contributed by atoms with Crippen LogP contribution in [-0.2, 0) is 11.3 Å². The number of benzene rings is 2. The third-order valence-electron chi connectivity index (χ3n) is 5.34. The summed E-state index contributed by atoms with van der Waals surface area (Å²) in [5, 5.41) is 9.59. The molecule has 2 aromatic carbocycles. The number of hydrogen-bond donors (Lipinski definition) is 3. The number of anilines is 4. The smallest absolute Gasteiger partial charge is 0.229 e. The molecule has 0 saturated heterocycles. The quantitative estimate of drug-likeness (QED) is 0.481. The highest BCUT2D eigenvalue weighted by Gasteiger charge is 2.09. The number of amides is 1. The number of aryl methyl sites for hydroxylation is 1. The molecule has 2 aliphatic heterocycles. The lowest BCUT2D eigenvalue weighted by Crippen LogP contribution is -2.29. The van der Waals surface area contributed by atoms with Crippen LogP contribution < -0.4 is 20.7 Å². The van der Waals surface area contributed by atoms with E-state index in [-0.39, 0.29) is 5.91 Å². The number of fused-ring (bicyclic) bond motifs is 11. The van der Waals surface area contributed by atoms with Gasteiger partial charge in [-0.25, -0.2) is 4.98 Å². The Labute approximate surface area is 194 Å². The van der Waals surface area contributed by atoms with Crippen LogP contribution >= 0.6 is 0 Å². The lowest BCUT2D eigenvalue weighted by atomic mass is 10.2. The van der Waals surface area contributed by atoms with Crippen LogP contribution in [0.3, 0.4) is 0 Å². The summed E-state index contributed by atoms with van der Waals surface area (Å²) in [6.07, 6.45) is 2.91. The molecule has 4 bridgehead atoms. The molecular weight excluding hydrogens is 416 g/mol. The van der Waals surface area contributed by atoms with Crippen molar-refractivity contribution in [2.24, 2.45) is 0 Å². The highest BCUT2D eigenvalue weighted by atomic mass is 16.5. The van der Waals surface area contributed by atoms with Crippen LogP contribution in [0, 0.1) is 6.92 Å². The fourth-order valence-corrected chi connectivity index (χ4v) is 3.57. The van der Waals surface area contributed by atoms with Crippen LogP contribution in [0.1, 0.15) is 24.0 Å². The fourth-order valence-electron chi connectivity index (χ4n) is 3.57. The van der Waals surface area contributed by atoms with Gasteiger partial charge in [0.05, 0.1) is 12.3 Å². The number of carbonyl (C=O) groups is 1. The molecule has 0 radical (unpaired) electrons. The molecule has 0 atom stereocenters. The molecule has 0 unspecified atom stereocenters. The van der Waals surface area contributed by atoms with Crippen molar-refractivity contribution < 1.29 is 9.53 Å². The summed E-state index contributed by atoms with van der Waals surface area (Å²) < 4.78 is 6.00. The van der Waals surface area contributed by atoms with E-state index in [2.05, 4.69) is 43.0 Å². The van der Waals surface area contributed by atoms with Gasteiger partial charge in [-0.3, -0.25) is 4.79 Å². The standard InChI is InChI=1S/C25H30N6O2/c1-18-4-9-22-21(16-18)29-23-10-13-27-25(30-23)28-20-7-5-19(6-8-20)17-31(2)14-11-24(32)26-12-3-15-33-22/h4-10,13,16H,3,11-12,14-15,17H2,1-2H3,(H,26,32)(H2,27,28,29,30). The monoisotopic (exact) mass is 446 g/mol. The van der Waals surface area contributed by atoms with Gasteiger partial charge in [-0.05, 0) is 61.9 Å². The largest absolute Gasteiger partial charge is 0.491 e. The van der Waals surface area contributed by atoms with E-state index in [9.17, 15) is 4.79 Å². The summed E-state index contributed by atoms with van der Waals surface area (Å²) in [4.78, 5) is 23.3. The third kappa shape index (κ3) is 6.66. The first kappa shape index (κ1) is 22.5. The minimum Gasteiger partial charge on any atom is -0.491 e. The number of nitrogens with one attached hydrogen (secondary N) is 3. The molecule has 1 aromatic heterocycles. The predicted molar refractivity (Wildman–Crippen MR) is 130 cm³/mol. The summed E-state index contributed by atoms with van der Waals surface area (Å²) in [5.41, 5.74) is 4.03. The Balaban J connectivity index is 1.57. The molecule has 3 N–H and O–H groups in total. The molecular formula is C25H30N6O2. The molecule has 0 fully saturated rings. The zero-order chi connectivity index (χ0) is 23.0. The summed E-state index contributed by atoms with van der Waals surface area (Å²) in [6.45, 7) is 4.59. The van der Waals surface area contributed by atoms with Gasteiger partial charge in [0.25, 0.3) is 0 Å². The van der Waals surface area contributed by atoms with Crippen LogP contribution in [0.2, 0.25) is 0 Å². The lowest BCUT2D eigenvalue weighted by molar-refractivity contribution is -0.121. The SMILES string of the molecule is Cc1ccc2c(c1)Nc1ccnc(n1)Nc1ccc(cc1)CN(C)CCC(=O)NCCCO2. The molecule has 3 aromatic rings. The summed E-state index contributed by atoms with van der Waals surface area (Å²) in [5.74, 6) is 1.97. The molecule has 8 heteroatoms. The normalized spacial score (nSPS) is 15.8. The summed E-state index contributed by atoms with van der Waals surface area (Å²) in [6, 6.07) is 16.0. The van der Waals surface area contributed by atoms with E-state index in [0.717, 1.165) is 35.7 Å². The number of rotatable bonds is 0. The molecule has 33 heavy (non-hydrogen) atoms. The summed E-state index contributed by atoms with van der Waals surface area (Å²) in [7, 11) is 2.02. The Bertz CT molecular complexity index is 1090. The zero-order valence-electron chi connectivity index (χ0n) is 19.1. The minimum absolute atomic E-state index is 0.0582. The third-order valence-corrected chi connectivity index (χ3v) is 5.34. The zero-order valence-corrected chi connectivity index (χ0v) is 19.1. The Hall–Kier alpha value is -3.65. The van der Waals surface area contributed by atoms with Crippen molar-refractivity contribution in [2.45, 2.75) is 26.3 Å². The number of aromatic nitrogens is 2. The second kappa shape index (κ2) is 10.8. The molecule has 0 spiro atoms. The molecule has 0 saturated carbocycles. The maximum Gasteiger partial charge on any atom is 0.229 e. The van der Waals surface area contributed by atoms with Gasteiger partial charge in [-0.15, -0.1) is 0 Å². The number of nitrogens with zero attached hydrogens (tertiary/aromatic N) is 3. The van der Waals surface area contributed by atoms with Gasteiger partial charge in [0, 0.05) is 37.9 Å². The van der Waals surface area contributed by atoms with E-state index in [1.54, 1.807) is 6.20 Å². The van der Waals surface area contributed by atoms with Crippen LogP contribution in [0.15, 0.2) is 54.7 Å². The molecule has 0 aliphatic carbocycles. The Kier molecular flexibility index (Phi) is 7.36. The average Bonchev–Trinajstić information content (AvgIpc) is 2.80. The number of carbonyl (C=O) groups excluding carboxylic acids is 1. The van der Waals surface area contributed by atoms with Crippen molar-refractivity contribution in [3.8, 4) is 5.75 Å². The van der Waals surface area contributed by atoms with Gasteiger partial charge < -0.3 is 25.6 Å². The average molecular weight is 447 g/mol. The van der Waals surface area contributed by atoms with E-state index in [1.807, 2.05) is 50.4 Å². The molecule has 172 valence electrons. The van der Waals surface area contributed by atoms with E-state index in [1.165, 1.54) is 5.56 Å². The van der Waals surface area contributed by atoms with Crippen molar-refractivity contribution in [1.29, 1.82) is 0 Å². The fraction of sp³-hybridized carbons (Fsp3) is 0.320. The van der Waals surface area contributed by atoms with Crippen molar-refractivity contribution >= 4 is 29.0 Å². The summed E-state index contributed by atoms with van der Waals surface area (Å²) >= 11 is 0. The van der Waals surface area contributed by atoms with Crippen LogP contribution in [0.5, 0.6) is 5.75 Å². The van der Waals surface area contributed by atoms with Crippen LogP contribution in [0.25, 0.3) is 0 Å². The maximum absolute atomic E-state index is 12.2. The second-order valence-electron chi connectivity index (χ2n) is 8.25. The first-order chi connectivity index (χ1) is 16.0. The molecule has 2 aliphatic rings. The van der Waals surface area contributed by atoms with Crippen molar-refractivity contribution in [3.63, 3.8) is 0 Å². The highest BCUT2D eigenvalue weighted by molar-refractivity contribution is 5.76. The Morgan fingerprint density at radius 2 is 1.91 bits per heavy atom. The van der Waals surface area contributed by atoms with Gasteiger partial charge in [0.2, 0.25) is 11.9 Å². The minimum atomic E-state index is 0.0582. The highest BCUT2D eigenvalue weighted by Crippen LogP contribution is 2.29. The van der Waals surface area contributed by atoms with E-state index >= 15 is 0 Å². The van der Waals surface area contributed by atoms with E-state index in [0.29, 0.717) is 37.9 Å². The van der Waals surface area contributed by atoms with Crippen LogP contribution in [-0.4, -0.2) is 47.5 Å². The van der Waals surface area contributed by atoms with Gasteiger partial charge in [-0.2, -0.15) is 4.98 Å². The van der Waals surface area contributed by atoms with Crippen LogP contribution in [0.4, 0.5) is 23.1 Å². The first-order valence-electron chi connectivity index (χ1n) is 11.2. The molecule has 1 amide bonds. The number of ether oxygens (including phenoxy) is 1. The van der Waals surface area contributed by atoms with Gasteiger partial charge >= 0.3 is 0 Å². The van der Waals surface area contributed by atoms with E-state index < -0.39 is 0 Å². The second-order valence-corrected chi connectivity index (χ2v) is 8.25. The van der Waals surface area contributed by atoms with E-state index in [4.69, 9.17) is 4.74 Å². The molecule has 3 heterocycles. The van der Waals surface area contributed by atoms with Gasteiger partial charge in [0.15, 0.2) is 0 Å². The van der Waals surface area contributed by atoms with Gasteiger partial charge in [0.1, 0.15) is 11.6 Å². The Morgan fingerprint density at radius 3 is 2.76 bits per heavy atom. The predicted octanol–water partition coefficient (Wildman–Crippen LogP) is 3.99. The van der Waals surface area contributed by atoms with Gasteiger partial charge in [-0.1, -0.05) is 18.2 Å². The topological polar surface area (TPSA) is 91.4 Å².